The number of carbonyl (C=O) groups excluding carboxylic acids is 1. The lowest BCUT2D eigenvalue weighted by Gasteiger charge is -2.22. The van der Waals surface area contributed by atoms with Crippen molar-refractivity contribution in [2.24, 2.45) is 0 Å². The Balaban J connectivity index is 1.94. The summed E-state index contributed by atoms with van der Waals surface area (Å²) in [5, 5.41) is 6.61. The maximum atomic E-state index is 11.8. The van der Waals surface area contributed by atoms with Crippen LogP contribution in [0.25, 0.3) is 0 Å². The van der Waals surface area contributed by atoms with Crippen molar-refractivity contribution in [2.75, 3.05) is 5.32 Å². The Morgan fingerprint density at radius 3 is 2.21 bits per heavy atom. The van der Waals surface area contributed by atoms with Crippen molar-refractivity contribution in [2.45, 2.75) is 38.1 Å². The van der Waals surface area contributed by atoms with Crippen LogP contribution in [0, 0.1) is 0 Å². The second-order valence-corrected chi connectivity index (χ2v) is 5.88. The molecule has 0 unspecified atom stereocenters. The Labute approximate surface area is 127 Å². The number of carbonyl (C=O) groups is 1. The molecule has 19 heavy (non-hydrogen) atoms. The molecular weight excluding hydrogens is 307 g/mol. The molecule has 6 heteroatoms. The van der Waals surface area contributed by atoms with Crippen LogP contribution in [0.1, 0.15) is 32.1 Å². The SMILES string of the molecule is O=C(Nc1cc(Cl)c(Cl)c(Cl)c1)NC1CCCCC1. The molecule has 104 valence electrons. The van der Waals surface area contributed by atoms with Gasteiger partial charge in [-0.25, -0.2) is 4.79 Å². The van der Waals surface area contributed by atoms with Crippen molar-refractivity contribution in [1.29, 1.82) is 0 Å². The number of nitrogens with one attached hydrogen (secondary N) is 2. The highest BCUT2D eigenvalue weighted by molar-refractivity contribution is 6.48. The first kappa shape index (κ1) is 14.8. The van der Waals surface area contributed by atoms with E-state index >= 15 is 0 Å². The van der Waals surface area contributed by atoms with Crippen LogP contribution in [0.3, 0.4) is 0 Å². The van der Waals surface area contributed by atoms with Gasteiger partial charge in [0.15, 0.2) is 0 Å². The van der Waals surface area contributed by atoms with Gasteiger partial charge in [-0.15, -0.1) is 0 Å². The highest BCUT2D eigenvalue weighted by atomic mass is 35.5. The van der Waals surface area contributed by atoms with Gasteiger partial charge in [-0.1, -0.05) is 54.1 Å². The summed E-state index contributed by atoms with van der Waals surface area (Å²) < 4.78 is 0. The smallest absolute Gasteiger partial charge is 0.319 e. The first-order chi connectivity index (χ1) is 9.06. The quantitative estimate of drug-likeness (QED) is 0.731. The number of benzene rings is 1. The second kappa shape index (κ2) is 6.69. The molecular formula is C13H15Cl3N2O. The molecule has 1 aliphatic rings. The Morgan fingerprint density at radius 1 is 1.05 bits per heavy atom. The van der Waals surface area contributed by atoms with Crippen LogP contribution in [-0.4, -0.2) is 12.1 Å². The zero-order valence-corrected chi connectivity index (χ0v) is 12.6. The number of hydrogen-bond donors (Lipinski definition) is 2. The van der Waals surface area contributed by atoms with Crippen LogP contribution in [0.5, 0.6) is 0 Å². The lowest BCUT2D eigenvalue weighted by atomic mass is 9.96. The standard InChI is InChI=1S/C13H15Cl3N2O/c14-10-6-9(7-11(15)12(10)16)18-13(19)17-8-4-2-1-3-5-8/h6-8H,1-5H2,(H2,17,18,19). The fraction of sp³-hybridized carbons (Fsp3) is 0.462. The number of urea groups is 1. The minimum atomic E-state index is -0.235. The Kier molecular flexibility index (Phi) is 5.20. The minimum Gasteiger partial charge on any atom is -0.335 e. The lowest BCUT2D eigenvalue weighted by Crippen LogP contribution is -2.39. The second-order valence-electron chi connectivity index (χ2n) is 4.69. The molecule has 0 atom stereocenters. The summed E-state index contributed by atoms with van der Waals surface area (Å²) in [7, 11) is 0. The highest BCUT2D eigenvalue weighted by Gasteiger charge is 2.16. The molecule has 0 aliphatic heterocycles. The molecule has 0 aromatic heterocycles. The van der Waals surface area contributed by atoms with Crippen molar-refractivity contribution >= 4 is 46.5 Å². The fourth-order valence-corrected chi connectivity index (χ4v) is 2.82. The number of anilines is 1. The number of rotatable bonds is 2. The topological polar surface area (TPSA) is 41.1 Å². The molecule has 1 fully saturated rings. The van der Waals surface area contributed by atoms with Gasteiger partial charge in [0.2, 0.25) is 0 Å². The van der Waals surface area contributed by atoms with Gasteiger partial charge in [-0.2, -0.15) is 0 Å². The normalized spacial score (nSPS) is 16.2. The van der Waals surface area contributed by atoms with Gasteiger partial charge in [0.1, 0.15) is 0 Å². The molecule has 1 aliphatic carbocycles. The van der Waals surface area contributed by atoms with Gasteiger partial charge < -0.3 is 10.6 Å². The van der Waals surface area contributed by atoms with Crippen molar-refractivity contribution in [3.05, 3.63) is 27.2 Å². The van der Waals surface area contributed by atoms with E-state index in [1.165, 1.54) is 19.3 Å². The van der Waals surface area contributed by atoms with Crippen LogP contribution in [0.4, 0.5) is 10.5 Å². The first-order valence-corrected chi connectivity index (χ1v) is 7.41. The third-order valence-corrected chi connectivity index (χ3v) is 4.38. The van der Waals surface area contributed by atoms with Crippen LogP contribution < -0.4 is 10.6 Å². The lowest BCUT2D eigenvalue weighted by molar-refractivity contribution is 0.244. The van der Waals surface area contributed by atoms with E-state index in [4.69, 9.17) is 34.8 Å². The zero-order valence-electron chi connectivity index (χ0n) is 10.3. The Bertz CT molecular complexity index is 450. The third kappa shape index (κ3) is 4.16. The van der Waals surface area contributed by atoms with E-state index in [1.807, 2.05) is 0 Å². The summed E-state index contributed by atoms with van der Waals surface area (Å²) in [4.78, 5) is 11.8. The van der Waals surface area contributed by atoms with E-state index in [9.17, 15) is 4.79 Å². The average Bonchev–Trinajstić information content (AvgIpc) is 2.37. The van der Waals surface area contributed by atoms with Crippen molar-refractivity contribution in [1.82, 2.24) is 5.32 Å². The molecule has 3 nitrogen and oxygen atoms in total. The predicted octanol–water partition coefficient (Wildman–Crippen LogP) is 5.10. The summed E-state index contributed by atoms with van der Waals surface area (Å²) in [6, 6.07) is 3.18. The molecule has 0 saturated heterocycles. The van der Waals surface area contributed by atoms with Crippen LogP contribution in [0.2, 0.25) is 15.1 Å². The fourth-order valence-electron chi connectivity index (χ4n) is 2.23. The minimum absolute atomic E-state index is 0.235. The van der Waals surface area contributed by atoms with Crippen LogP contribution >= 0.6 is 34.8 Å². The molecule has 1 aromatic rings. The molecule has 0 heterocycles. The molecule has 0 radical (unpaired) electrons. The van der Waals surface area contributed by atoms with Gasteiger partial charge >= 0.3 is 6.03 Å². The van der Waals surface area contributed by atoms with Crippen molar-refractivity contribution < 1.29 is 4.79 Å². The van der Waals surface area contributed by atoms with Crippen molar-refractivity contribution in [3.63, 3.8) is 0 Å². The molecule has 0 bridgehead atoms. The predicted molar refractivity (Wildman–Crippen MR) is 80.5 cm³/mol. The van der Waals surface area contributed by atoms with E-state index in [1.54, 1.807) is 12.1 Å². The molecule has 1 aromatic carbocycles. The first-order valence-electron chi connectivity index (χ1n) is 6.28. The van der Waals surface area contributed by atoms with Gasteiger partial charge in [-0.05, 0) is 25.0 Å². The number of amides is 2. The maximum Gasteiger partial charge on any atom is 0.319 e. The van der Waals surface area contributed by atoms with E-state index in [0.717, 1.165) is 12.8 Å². The van der Waals surface area contributed by atoms with E-state index in [2.05, 4.69) is 10.6 Å². The molecule has 1 saturated carbocycles. The zero-order chi connectivity index (χ0) is 13.8. The molecule has 2 amide bonds. The Morgan fingerprint density at radius 2 is 1.63 bits per heavy atom. The van der Waals surface area contributed by atoms with Gasteiger partial charge in [0, 0.05) is 11.7 Å². The molecule has 2 N–H and O–H groups in total. The molecule has 2 rings (SSSR count). The van der Waals surface area contributed by atoms with Crippen LogP contribution in [-0.2, 0) is 0 Å². The molecule has 0 spiro atoms. The van der Waals surface area contributed by atoms with Gasteiger partial charge in [0.05, 0.1) is 15.1 Å². The third-order valence-electron chi connectivity index (χ3n) is 3.18. The maximum absolute atomic E-state index is 11.8. The summed E-state index contributed by atoms with van der Waals surface area (Å²) in [6.45, 7) is 0. The summed E-state index contributed by atoms with van der Waals surface area (Å²) in [5.74, 6) is 0. The summed E-state index contributed by atoms with van der Waals surface area (Å²) in [5.41, 5.74) is 0.535. The number of halogens is 3. The van der Waals surface area contributed by atoms with Gasteiger partial charge in [-0.3, -0.25) is 0 Å². The monoisotopic (exact) mass is 320 g/mol. The van der Waals surface area contributed by atoms with E-state index in [-0.39, 0.29) is 12.1 Å². The van der Waals surface area contributed by atoms with Crippen molar-refractivity contribution in [3.8, 4) is 0 Å². The summed E-state index contributed by atoms with van der Waals surface area (Å²) in [6.07, 6.45) is 5.67. The number of hydrogen-bond acceptors (Lipinski definition) is 1. The average molecular weight is 322 g/mol. The van der Waals surface area contributed by atoms with Crippen LogP contribution in [0.15, 0.2) is 12.1 Å². The Hall–Kier alpha value is -0.640. The largest absolute Gasteiger partial charge is 0.335 e. The summed E-state index contributed by atoms with van der Waals surface area (Å²) >= 11 is 17.7. The van der Waals surface area contributed by atoms with E-state index < -0.39 is 0 Å². The highest BCUT2D eigenvalue weighted by Crippen LogP contribution is 2.33. The van der Waals surface area contributed by atoms with E-state index in [0.29, 0.717) is 20.8 Å². The van der Waals surface area contributed by atoms with Gasteiger partial charge in [0.25, 0.3) is 0 Å².